The first-order valence-electron chi connectivity index (χ1n) is 11.7. The van der Waals surface area contributed by atoms with Crippen LogP contribution in [0.4, 0.5) is 0 Å². The van der Waals surface area contributed by atoms with Gasteiger partial charge in [0.1, 0.15) is 0 Å². The quantitative estimate of drug-likeness (QED) is 0.235. The van der Waals surface area contributed by atoms with Crippen LogP contribution in [-0.4, -0.2) is 62.4 Å². The lowest BCUT2D eigenvalue weighted by Crippen LogP contribution is -2.49. The predicted molar refractivity (Wildman–Crippen MR) is 115 cm³/mol. The normalized spacial score (nSPS) is 15.1. The van der Waals surface area contributed by atoms with Gasteiger partial charge in [0, 0.05) is 26.0 Å². The van der Waals surface area contributed by atoms with Crippen molar-refractivity contribution in [3.63, 3.8) is 0 Å². The molecule has 1 aliphatic heterocycles. The van der Waals surface area contributed by atoms with Gasteiger partial charge in [0.15, 0.2) is 6.67 Å². The number of carbonyl (C=O) groups excluding carboxylic acids is 1. The first kappa shape index (κ1) is 24.4. The van der Waals surface area contributed by atoms with Crippen LogP contribution in [-0.2, 0) is 9.53 Å². The maximum absolute atomic E-state index is 11.8. The zero-order chi connectivity index (χ0) is 19.8. The Morgan fingerprint density at radius 3 is 1.96 bits per heavy atom. The van der Waals surface area contributed by atoms with Crippen LogP contribution >= 0.6 is 0 Å². The number of hydrogen-bond donors (Lipinski definition) is 0. The molecule has 0 unspecified atom stereocenters. The first-order chi connectivity index (χ1) is 13.0. The Morgan fingerprint density at radius 1 is 0.852 bits per heavy atom. The number of nitrogens with zero attached hydrogens (tertiary/aromatic N) is 2. The van der Waals surface area contributed by atoms with Crippen molar-refractivity contribution in [3.05, 3.63) is 0 Å². The number of rotatable bonds is 18. The minimum absolute atomic E-state index is 0.328. The van der Waals surface area contributed by atoms with Crippen molar-refractivity contribution in [3.8, 4) is 0 Å². The number of hydrogen-bond acceptors (Lipinski definition) is 2. The molecule has 0 bridgehead atoms. The minimum Gasteiger partial charge on any atom is -0.381 e. The second-order valence-electron chi connectivity index (χ2n) is 9.06. The smallest absolute Gasteiger partial charge is 0.226 e. The van der Waals surface area contributed by atoms with Crippen LogP contribution in [0.2, 0.25) is 0 Å². The average molecular weight is 384 g/mol. The van der Waals surface area contributed by atoms with Gasteiger partial charge in [-0.15, -0.1) is 0 Å². The summed E-state index contributed by atoms with van der Waals surface area (Å²) >= 11 is 0. The van der Waals surface area contributed by atoms with Crippen LogP contribution in [0.5, 0.6) is 0 Å². The van der Waals surface area contributed by atoms with Crippen molar-refractivity contribution in [1.29, 1.82) is 0 Å². The molecule has 1 heterocycles. The molecule has 27 heavy (non-hydrogen) atoms. The summed E-state index contributed by atoms with van der Waals surface area (Å²) in [6.07, 6.45) is 18.0. The third kappa shape index (κ3) is 13.2. The summed E-state index contributed by atoms with van der Waals surface area (Å²) in [5.74, 6) is 0.328. The van der Waals surface area contributed by atoms with Crippen molar-refractivity contribution in [2.75, 3.05) is 47.1 Å². The van der Waals surface area contributed by atoms with E-state index < -0.39 is 0 Å². The number of carbonyl (C=O) groups is 1. The summed E-state index contributed by atoms with van der Waals surface area (Å²) in [5, 5.41) is 0. The van der Waals surface area contributed by atoms with Crippen LogP contribution in [0, 0.1) is 0 Å². The van der Waals surface area contributed by atoms with Gasteiger partial charge in [-0.2, -0.15) is 0 Å². The fourth-order valence-electron chi connectivity index (χ4n) is 3.95. The Bertz CT molecular complexity index is 371. The van der Waals surface area contributed by atoms with Gasteiger partial charge in [-0.1, -0.05) is 71.1 Å². The van der Waals surface area contributed by atoms with Gasteiger partial charge in [-0.25, -0.2) is 0 Å². The molecule has 1 amide bonds. The highest BCUT2D eigenvalue weighted by atomic mass is 16.5. The molecule has 4 nitrogen and oxygen atoms in total. The van der Waals surface area contributed by atoms with E-state index in [1.54, 1.807) is 0 Å². The highest BCUT2D eigenvalue weighted by Gasteiger charge is 2.26. The maximum Gasteiger partial charge on any atom is 0.226 e. The molecule has 0 saturated carbocycles. The van der Waals surface area contributed by atoms with Gasteiger partial charge in [-0.05, 0) is 12.8 Å². The van der Waals surface area contributed by atoms with Crippen molar-refractivity contribution in [2.24, 2.45) is 0 Å². The Kier molecular flexibility index (Phi) is 13.9. The molecule has 0 aromatic heterocycles. The molecular weight excluding hydrogens is 336 g/mol. The largest absolute Gasteiger partial charge is 0.381 e. The summed E-state index contributed by atoms with van der Waals surface area (Å²) < 4.78 is 6.69. The van der Waals surface area contributed by atoms with Crippen LogP contribution < -0.4 is 0 Å². The summed E-state index contributed by atoms with van der Waals surface area (Å²) in [4.78, 5) is 13.8. The van der Waals surface area contributed by atoms with E-state index in [9.17, 15) is 4.79 Å². The molecule has 0 spiro atoms. The van der Waals surface area contributed by atoms with Gasteiger partial charge in [0.05, 0.1) is 27.2 Å². The Hall–Kier alpha value is -0.610. The van der Waals surface area contributed by atoms with Crippen LogP contribution in [0.1, 0.15) is 96.8 Å². The third-order valence-electron chi connectivity index (χ3n) is 5.67. The van der Waals surface area contributed by atoms with E-state index in [-0.39, 0.29) is 0 Å². The van der Waals surface area contributed by atoms with E-state index in [2.05, 4.69) is 21.0 Å². The number of quaternary nitrogens is 1. The van der Waals surface area contributed by atoms with E-state index >= 15 is 0 Å². The fraction of sp³-hybridized carbons (Fsp3) is 0.957. The van der Waals surface area contributed by atoms with Crippen molar-refractivity contribution >= 4 is 5.91 Å². The van der Waals surface area contributed by atoms with Gasteiger partial charge < -0.3 is 9.22 Å². The van der Waals surface area contributed by atoms with E-state index in [1.165, 1.54) is 70.6 Å². The SMILES string of the molecule is CCCCCCCCCCCCCOCCC[N+](C)(C)CN1CCCC1=O. The van der Waals surface area contributed by atoms with E-state index in [0.29, 0.717) is 5.91 Å². The van der Waals surface area contributed by atoms with Crippen molar-refractivity contribution in [2.45, 2.75) is 96.8 Å². The van der Waals surface area contributed by atoms with E-state index in [4.69, 9.17) is 4.74 Å². The molecule has 4 heteroatoms. The zero-order valence-electron chi connectivity index (χ0n) is 18.6. The Morgan fingerprint density at radius 2 is 1.41 bits per heavy atom. The second-order valence-corrected chi connectivity index (χ2v) is 9.06. The molecular formula is C23H47N2O2+. The third-order valence-corrected chi connectivity index (χ3v) is 5.67. The first-order valence-corrected chi connectivity index (χ1v) is 11.7. The van der Waals surface area contributed by atoms with Gasteiger partial charge in [0.25, 0.3) is 0 Å². The number of amides is 1. The molecule has 1 fully saturated rings. The van der Waals surface area contributed by atoms with Crippen molar-refractivity contribution < 1.29 is 14.0 Å². The fourth-order valence-corrected chi connectivity index (χ4v) is 3.95. The number of ether oxygens (including phenoxy) is 1. The highest BCUT2D eigenvalue weighted by Crippen LogP contribution is 2.13. The average Bonchev–Trinajstić information content (AvgIpc) is 3.02. The summed E-state index contributed by atoms with van der Waals surface area (Å²) in [6.45, 7) is 6.90. The highest BCUT2D eigenvalue weighted by molar-refractivity contribution is 5.77. The summed E-state index contributed by atoms with van der Waals surface area (Å²) in [7, 11) is 4.44. The number of likely N-dealkylation sites (tertiary alicyclic amines) is 1. The molecule has 0 aromatic carbocycles. The minimum atomic E-state index is 0.328. The topological polar surface area (TPSA) is 29.5 Å². The van der Waals surface area contributed by atoms with Gasteiger partial charge in [0.2, 0.25) is 5.91 Å². The van der Waals surface area contributed by atoms with E-state index in [1.807, 2.05) is 4.90 Å². The van der Waals surface area contributed by atoms with Crippen LogP contribution in [0.3, 0.4) is 0 Å². The molecule has 160 valence electrons. The van der Waals surface area contributed by atoms with Gasteiger partial charge >= 0.3 is 0 Å². The van der Waals surface area contributed by atoms with Crippen LogP contribution in [0.15, 0.2) is 0 Å². The van der Waals surface area contributed by atoms with Gasteiger partial charge in [-0.3, -0.25) is 9.69 Å². The molecule has 0 radical (unpaired) electrons. The molecule has 1 aliphatic rings. The van der Waals surface area contributed by atoms with Crippen LogP contribution in [0.25, 0.3) is 0 Å². The molecule has 0 N–H and O–H groups in total. The molecule has 0 atom stereocenters. The molecule has 0 aromatic rings. The molecule has 0 aliphatic carbocycles. The lowest BCUT2D eigenvalue weighted by molar-refractivity contribution is -0.899. The maximum atomic E-state index is 11.8. The monoisotopic (exact) mass is 383 g/mol. The predicted octanol–water partition coefficient (Wildman–Crippen LogP) is 5.36. The summed E-state index contributed by atoms with van der Waals surface area (Å²) in [6, 6.07) is 0. The molecule has 1 saturated heterocycles. The lowest BCUT2D eigenvalue weighted by Gasteiger charge is -2.33. The Labute approximate surface area is 169 Å². The standard InChI is InChI=1S/C23H47N2O2/c1-4-5-6-7-8-9-10-11-12-13-14-20-27-21-16-19-25(2,3)22-24-18-15-17-23(24)26/h4-22H2,1-3H3/q+1. The molecule has 1 rings (SSSR count). The van der Waals surface area contributed by atoms with E-state index in [0.717, 1.165) is 56.7 Å². The second kappa shape index (κ2) is 15.3. The zero-order valence-corrected chi connectivity index (χ0v) is 18.6. The van der Waals surface area contributed by atoms with Crippen molar-refractivity contribution in [1.82, 2.24) is 4.90 Å². The Balaban J connectivity index is 1.82. The number of unbranched alkanes of at least 4 members (excludes halogenated alkanes) is 10. The summed E-state index contributed by atoms with van der Waals surface area (Å²) in [5.41, 5.74) is 0. The lowest BCUT2D eigenvalue weighted by atomic mass is 10.1.